The van der Waals surface area contributed by atoms with Gasteiger partial charge in [0.05, 0.1) is 10.2 Å². The molecule has 0 aliphatic carbocycles. The van der Waals surface area contributed by atoms with E-state index in [0.717, 1.165) is 54.4 Å². The van der Waals surface area contributed by atoms with Crippen LogP contribution in [0.4, 0.5) is 0 Å². The van der Waals surface area contributed by atoms with E-state index in [1.807, 2.05) is 30.3 Å². The number of carbonyl (C=O) groups is 1. The van der Waals surface area contributed by atoms with Gasteiger partial charge >= 0.3 is 0 Å². The third kappa shape index (κ3) is 5.46. The maximum atomic E-state index is 12.3. The van der Waals surface area contributed by atoms with Gasteiger partial charge < -0.3 is 20.0 Å². The molecule has 1 aliphatic heterocycles. The smallest absolute Gasteiger partial charge is 0.287 e. The number of hydrogen-bond acceptors (Lipinski definition) is 6. The van der Waals surface area contributed by atoms with Crippen molar-refractivity contribution in [1.82, 2.24) is 20.5 Å². The van der Waals surface area contributed by atoms with Crippen molar-refractivity contribution in [1.29, 1.82) is 0 Å². The fraction of sp³-hybridized carbons (Fsp3) is 0.368. The summed E-state index contributed by atoms with van der Waals surface area (Å²) in [6.45, 7) is 5.92. The number of furan rings is 1. The van der Waals surface area contributed by atoms with Gasteiger partial charge in [-0.1, -0.05) is 12.1 Å². The second-order valence-electron chi connectivity index (χ2n) is 6.35. The first-order chi connectivity index (χ1) is 12.8. The van der Waals surface area contributed by atoms with Crippen molar-refractivity contribution in [2.24, 2.45) is 0 Å². The van der Waals surface area contributed by atoms with Crippen LogP contribution in [0.15, 0.2) is 40.8 Å². The molecular formula is C19H24Cl2N4O2S. The van der Waals surface area contributed by atoms with Gasteiger partial charge in [-0.2, -0.15) is 0 Å². The van der Waals surface area contributed by atoms with Gasteiger partial charge in [0.2, 0.25) is 0 Å². The quantitative estimate of drug-likeness (QED) is 0.572. The molecule has 2 aromatic heterocycles. The zero-order valence-corrected chi connectivity index (χ0v) is 17.8. The fourth-order valence-corrected chi connectivity index (χ4v) is 4.01. The summed E-state index contributed by atoms with van der Waals surface area (Å²) in [5, 5.41) is 7.07. The molecule has 3 aromatic rings. The van der Waals surface area contributed by atoms with Crippen molar-refractivity contribution < 1.29 is 9.21 Å². The average molecular weight is 443 g/mol. The number of amides is 1. The van der Waals surface area contributed by atoms with Crippen molar-refractivity contribution in [2.45, 2.75) is 6.42 Å². The molecule has 0 saturated carbocycles. The Morgan fingerprint density at radius 1 is 1.18 bits per heavy atom. The molecule has 0 unspecified atom stereocenters. The third-order valence-electron chi connectivity index (χ3n) is 4.48. The van der Waals surface area contributed by atoms with Crippen molar-refractivity contribution in [3.8, 4) is 10.8 Å². The highest BCUT2D eigenvalue weighted by molar-refractivity contribution is 7.21. The molecule has 0 atom stereocenters. The lowest BCUT2D eigenvalue weighted by molar-refractivity contribution is 0.0924. The van der Waals surface area contributed by atoms with Crippen LogP contribution >= 0.6 is 36.2 Å². The predicted molar refractivity (Wildman–Crippen MR) is 118 cm³/mol. The summed E-state index contributed by atoms with van der Waals surface area (Å²) >= 11 is 1.57. The Kier molecular flexibility index (Phi) is 8.72. The first-order valence-electron chi connectivity index (χ1n) is 8.97. The Morgan fingerprint density at radius 2 is 1.96 bits per heavy atom. The Bertz CT molecular complexity index is 860. The van der Waals surface area contributed by atoms with Crippen LogP contribution in [0.25, 0.3) is 21.0 Å². The summed E-state index contributed by atoms with van der Waals surface area (Å²) in [7, 11) is 0. The Balaban J connectivity index is 0.00000140. The summed E-state index contributed by atoms with van der Waals surface area (Å²) in [5.74, 6) is 0.802. The number of nitrogens with one attached hydrogen (secondary N) is 2. The molecule has 1 aromatic carbocycles. The zero-order chi connectivity index (χ0) is 17.8. The van der Waals surface area contributed by atoms with Gasteiger partial charge in [-0.05, 0) is 37.2 Å². The highest BCUT2D eigenvalue weighted by atomic mass is 35.5. The van der Waals surface area contributed by atoms with Gasteiger partial charge in [0, 0.05) is 32.7 Å². The summed E-state index contributed by atoms with van der Waals surface area (Å²) < 4.78 is 6.83. The molecule has 3 heterocycles. The molecule has 6 nitrogen and oxygen atoms in total. The minimum absolute atomic E-state index is 0. The second-order valence-corrected chi connectivity index (χ2v) is 7.38. The molecule has 4 rings (SSSR count). The number of rotatable bonds is 6. The number of para-hydroxylation sites is 1. The van der Waals surface area contributed by atoms with Crippen molar-refractivity contribution in [3.05, 3.63) is 42.2 Å². The number of carbonyl (C=O) groups excluding carboxylic acids is 1. The molecule has 28 heavy (non-hydrogen) atoms. The van der Waals surface area contributed by atoms with Crippen LogP contribution in [0.5, 0.6) is 0 Å². The van der Waals surface area contributed by atoms with Gasteiger partial charge in [0.1, 0.15) is 0 Å². The number of piperazine rings is 1. The topological polar surface area (TPSA) is 70.4 Å². The number of thiazole rings is 1. The van der Waals surface area contributed by atoms with E-state index in [9.17, 15) is 4.79 Å². The van der Waals surface area contributed by atoms with Gasteiger partial charge in [-0.25, -0.2) is 4.98 Å². The van der Waals surface area contributed by atoms with Gasteiger partial charge in [-0.15, -0.1) is 36.2 Å². The fourth-order valence-electron chi connectivity index (χ4n) is 3.08. The molecule has 0 bridgehead atoms. The highest BCUT2D eigenvalue weighted by Crippen LogP contribution is 2.31. The first-order valence-corrected chi connectivity index (χ1v) is 9.78. The van der Waals surface area contributed by atoms with Crippen LogP contribution in [0, 0.1) is 0 Å². The van der Waals surface area contributed by atoms with Crippen LogP contribution < -0.4 is 10.6 Å². The van der Waals surface area contributed by atoms with Crippen LogP contribution in [0.2, 0.25) is 0 Å². The zero-order valence-electron chi connectivity index (χ0n) is 15.3. The normalized spacial score (nSPS) is 14.3. The molecule has 1 fully saturated rings. The first kappa shape index (κ1) is 22.6. The minimum atomic E-state index is -0.169. The Hall–Kier alpha value is -1.64. The van der Waals surface area contributed by atoms with E-state index in [4.69, 9.17) is 4.42 Å². The lowest BCUT2D eigenvalue weighted by Gasteiger charge is -2.26. The molecule has 0 radical (unpaired) electrons. The summed E-state index contributed by atoms with van der Waals surface area (Å²) in [4.78, 5) is 19.2. The Labute approximate surface area is 180 Å². The summed E-state index contributed by atoms with van der Waals surface area (Å²) in [5.41, 5.74) is 0.947. The second kappa shape index (κ2) is 10.8. The van der Waals surface area contributed by atoms with E-state index >= 15 is 0 Å². The van der Waals surface area contributed by atoms with Gasteiger partial charge in [-0.3, -0.25) is 4.79 Å². The standard InChI is InChI=1S/C19H22N4O2S.2ClH/c24-18(21-8-3-11-23-12-9-20-10-13-23)15-6-7-16(25-15)19-22-14-4-1-2-5-17(14)26-19;;/h1-2,4-7,20H,3,8-13H2,(H,21,24);2*1H. The van der Waals surface area contributed by atoms with Crippen LogP contribution in [-0.4, -0.2) is 55.1 Å². The maximum absolute atomic E-state index is 12.3. The summed E-state index contributed by atoms with van der Waals surface area (Å²) in [6, 6.07) is 11.5. The van der Waals surface area contributed by atoms with Crippen molar-refractivity contribution in [2.75, 3.05) is 39.3 Å². The molecule has 1 amide bonds. The van der Waals surface area contributed by atoms with E-state index < -0.39 is 0 Å². The maximum Gasteiger partial charge on any atom is 0.287 e. The van der Waals surface area contributed by atoms with E-state index in [1.165, 1.54) is 0 Å². The van der Waals surface area contributed by atoms with Crippen LogP contribution in [0.3, 0.4) is 0 Å². The number of halogens is 2. The summed E-state index contributed by atoms with van der Waals surface area (Å²) in [6.07, 6.45) is 0.942. The lowest BCUT2D eigenvalue weighted by Crippen LogP contribution is -2.44. The molecule has 152 valence electrons. The molecule has 9 heteroatoms. The van der Waals surface area contributed by atoms with Crippen molar-refractivity contribution in [3.63, 3.8) is 0 Å². The average Bonchev–Trinajstić information content (AvgIpc) is 3.32. The van der Waals surface area contributed by atoms with Gasteiger partial charge in [0.25, 0.3) is 5.91 Å². The van der Waals surface area contributed by atoms with Crippen LogP contribution in [0.1, 0.15) is 17.0 Å². The SMILES string of the molecule is Cl.Cl.O=C(NCCCN1CCNCC1)c1ccc(-c2nc3ccccc3s2)o1. The molecule has 2 N–H and O–H groups in total. The van der Waals surface area contributed by atoms with E-state index in [1.54, 1.807) is 17.4 Å². The highest BCUT2D eigenvalue weighted by Gasteiger charge is 2.15. The van der Waals surface area contributed by atoms with Crippen LogP contribution in [-0.2, 0) is 0 Å². The third-order valence-corrected chi connectivity index (χ3v) is 5.53. The largest absolute Gasteiger partial charge is 0.448 e. The number of hydrogen-bond donors (Lipinski definition) is 2. The number of aromatic nitrogens is 1. The van der Waals surface area contributed by atoms with Gasteiger partial charge in [0.15, 0.2) is 16.5 Å². The predicted octanol–water partition coefficient (Wildman–Crippen LogP) is 3.43. The molecule has 1 saturated heterocycles. The molecule has 0 spiro atoms. The van der Waals surface area contributed by atoms with E-state index in [-0.39, 0.29) is 30.7 Å². The Morgan fingerprint density at radius 3 is 2.75 bits per heavy atom. The molecule has 1 aliphatic rings. The number of fused-ring (bicyclic) bond motifs is 1. The minimum Gasteiger partial charge on any atom is -0.448 e. The number of benzene rings is 1. The monoisotopic (exact) mass is 442 g/mol. The lowest BCUT2D eigenvalue weighted by atomic mass is 10.3. The molecular weight excluding hydrogens is 419 g/mol. The van der Waals surface area contributed by atoms with E-state index in [2.05, 4.69) is 20.5 Å². The van der Waals surface area contributed by atoms with E-state index in [0.29, 0.717) is 18.1 Å². The van der Waals surface area contributed by atoms with Crippen molar-refractivity contribution >= 4 is 52.3 Å². The number of nitrogens with zero attached hydrogens (tertiary/aromatic N) is 2.